The quantitative estimate of drug-likeness (QED) is 0.590. The summed E-state index contributed by atoms with van der Waals surface area (Å²) in [5.74, 6) is -4.68. The second-order valence-electron chi connectivity index (χ2n) is 4.56. The summed E-state index contributed by atoms with van der Waals surface area (Å²) in [5, 5.41) is -0.361. The lowest BCUT2D eigenvalue weighted by Gasteiger charge is -2.07. The molecule has 0 atom stereocenters. The van der Waals surface area contributed by atoms with E-state index >= 15 is 0 Å². The minimum atomic E-state index is -5.28. The number of Topliss-reactive ketones (excluding diaryl/α,β-unsaturated/α-hetero) is 1. The fourth-order valence-electron chi connectivity index (χ4n) is 1.98. The highest BCUT2D eigenvalue weighted by Crippen LogP contribution is 2.31. The van der Waals surface area contributed by atoms with E-state index in [1.807, 2.05) is 0 Å². The lowest BCUT2D eigenvalue weighted by atomic mass is 10.1. The van der Waals surface area contributed by atoms with Crippen LogP contribution in [0.3, 0.4) is 0 Å². The number of fused-ring (bicyclic) bond motifs is 1. The van der Waals surface area contributed by atoms with Gasteiger partial charge in [-0.05, 0) is 19.1 Å². The summed E-state index contributed by atoms with van der Waals surface area (Å²) in [5.41, 5.74) is -0.981. The first-order valence-electron chi connectivity index (χ1n) is 5.77. The van der Waals surface area contributed by atoms with Crippen molar-refractivity contribution in [3.63, 3.8) is 0 Å². The number of hydrogen-bond acceptors (Lipinski definition) is 2. The topological polar surface area (TPSA) is 39.1 Å². The zero-order chi connectivity index (χ0) is 16.9. The summed E-state index contributed by atoms with van der Waals surface area (Å²) in [6.07, 6.45) is -10.3. The van der Waals surface area contributed by atoms with Crippen molar-refractivity contribution in [1.82, 2.24) is 4.57 Å². The summed E-state index contributed by atoms with van der Waals surface area (Å²) in [4.78, 5) is 22.6. The molecule has 0 amide bonds. The van der Waals surface area contributed by atoms with Gasteiger partial charge >= 0.3 is 18.3 Å². The molecule has 0 spiro atoms. The van der Waals surface area contributed by atoms with Crippen LogP contribution in [0, 0.1) is 6.92 Å². The van der Waals surface area contributed by atoms with Crippen LogP contribution in [0.2, 0.25) is 0 Å². The predicted molar refractivity (Wildman–Crippen MR) is 63.7 cm³/mol. The highest BCUT2D eigenvalue weighted by atomic mass is 19.4. The zero-order valence-corrected chi connectivity index (χ0v) is 10.8. The molecule has 3 nitrogen and oxygen atoms in total. The van der Waals surface area contributed by atoms with Crippen molar-refractivity contribution in [3.8, 4) is 0 Å². The molecule has 0 radical (unpaired) electrons. The Balaban J connectivity index is 2.77. The highest BCUT2D eigenvalue weighted by Gasteiger charge is 2.44. The third-order valence-electron chi connectivity index (χ3n) is 2.92. The van der Waals surface area contributed by atoms with Gasteiger partial charge in [0.05, 0.1) is 11.1 Å². The normalized spacial score (nSPS) is 12.7. The molecule has 1 heterocycles. The number of halogens is 6. The zero-order valence-electron chi connectivity index (χ0n) is 10.8. The summed E-state index contributed by atoms with van der Waals surface area (Å²) in [7, 11) is 0. The van der Waals surface area contributed by atoms with Crippen LogP contribution in [0.5, 0.6) is 0 Å². The average Bonchev–Trinajstić information content (AvgIpc) is 2.73. The summed E-state index contributed by atoms with van der Waals surface area (Å²) >= 11 is 0. The monoisotopic (exact) mass is 323 g/mol. The average molecular weight is 323 g/mol. The minimum Gasteiger partial charge on any atom is -0.284 e. The van der Waals surface area contributed by atoms with Gasteiger partial charge < -0.3 is 0 Å². The molecule has 0 N–H and O–H groups in total. The Labute approximate surface area is 119 Å². The molecule has 0 aliphatic carbocycles. The van der Waals surface area contributed by atoms with E-state index in [-0.39, 0.29) is 16.2 Å². The van der Waals surface area contributed by atoms with E-state index in [0.717, 1.165) is 12.1 Å². The molecule has 0 bridgehead atoms. The number of alkyl halides is 6. The summed E-state index contributed by atoms with van der Waals surface area (Å²) in [6, 6.07) is 3.50. The standard InChI is InChI=1S/C13H7F6NO2/c1-6-2-3-9-7(4-6)8(10(21)12(14,15)16)5-20(9)11(22)13(17,18)19/h2-5H,1H3. The fourth-order valence-corrected chi connectivity index (χ4v) is 1.98. The molecule has 0 fully saturated rings. The lowest BCUT2D eigenvalue weighted by molar-refractivity contribution is -0.0943. The van der Waals surface area contributed by atoms with Gasteiger partial charge in [-0.3, -0.25) is 14.2 Å². The van der Waals surface area contributed by atoms with Gasteiger partial charge in [0, 0.05) is 11.6 Å². The molecule has 0 saturated heterocycles. The maximum atomic E-state index is 12.5. The van der Waals surface area contributed by atoms with Crippen LogP contribution in [0.1, 0.15) is 20.7 Å². The summed E-state index contributed by atoms with van der Waals surface area (Å²) in [6.45, 7) is 1.49. The van der Waals surface area contributed by atoms with Crippen molar-refractivity contribution < 1.29 is 35.9 Å². The second kappa shape index (κ2) is 4.85. The van der Waals surface area contributed by atoms with E-state index in [1.165, 1.54) is 13.0 Å². The van der Waals surface area contributed by atoms with Gasteiger partial charge in [0.2, 0.25) is 0 Å². The van der Waals surface area contributed by atoms with E-state index in [4.69, 9.17) is 0 Å². The maximum Gasteiger partial charge on any atom is 0.472 e. The Morgan fingerprint density at radius 1 is 1.00 bits per heavy atom. The van der Waals surface area contributed by atoms with Crippen molar-refractivity contribution in [3.05, 3.63) is 35.5 Å². The van der Waals surface area contributed by atoms with Gasteiger partial charge in [-0.1, -0.05) is 11.6 Å². The SMILES string of the molecule is Cc1ccc2c(c1)c(C(=O)C(F)(F)F)cn2C(=O)C(F)(F)F. The van der Waals surface area contributed by atoms with Crippen LogP contribution < -0.4 is 0 Å². The van der Waals surface area contributed by atoms with E-state index in [0.29, 0.717) is 5.56 Å². The van der Waals surface area contributed by atoms with E-state index in [1.54, 1.807) is 0 Å². The third-order valence-corrected chi connectivity index (χ3v) is 2.92. The van der Waals surface area contributed by atoms with Crippen molar-refractivity contribution >= 4 is 22.6 Å². The molecule has 2 aromatic rings. The molecular formula is C13H7F6NO2. The molecule has 9 heteroatoms. The molecule has 0 unspecified atom stereocenters. The number of rotatable bonds is 1. The first kappa shape index (κ1) is 16.1. The lowest BCUT2D eigenvalue weighted by Crippen LogP contribution is -2.28. The van der Waals surface area contributed by atoms with Crippen LogP contribution in [0.25, 0.3) is 10.9 Å². The number of hydrogen-bond donors (Lipinski definition) is 0. The van der Waals surface area contributed by atoms with Crippen LogP contribution >= 0.6 is 0 Å². The fraction of sp³-hybridized carbons (Fsp3) is 0.231. The highest BCUT2D eigenvalue weighted by molar-refractivity contribution is 6.12. The van der Waals surface area contributed by atoms with Gasteiger partial charge in [-0.2, -0.15) is 26.3 Å². The van der Waals surface area contributed by atoms with Crippen LogP contribution in [-0.2, 0) is 0 Å². The third kappa shape index (κ3) is 2.70. The first-order chi connectivity index (χ1) is 9.93. The van der Waals surface area contributed by atoms with Gasteiger partial charge in [-0.15, -0.1) is 0 Å². The van der Waals surface area contributed by atoms with Gasteiger partial charge in [0.25, 0.3) is 5.78 Å². The maximum absolute atomic E-state index is 12.5. The van der Waals surface area contributed by atoms with Gasteiger partial charge in [0.1, 0.15) is 0 Å². The smallest absolute Gasteiger partial charge is 0.284 e. The Hall–Kier alpha value is -2.32. The van der Waals surface area contributed by atoms with Crippen molar-refractivity contribution in [1.29, 1.82) is 0 Å². The number of carbonyl (C=O) groups is 2. The Morgan fingerprint density at radius 2 is 1.59 bits per heavy atom. The molecule has 0 aliphatic rings. The molecule has 2 rings (SSSR count). The van der Waals surface area contributed by atoms with Crippen LogP contribution in [-0.4, -0.2) is 28.6 Å². The molecule has 0 aliphatic heterocycles. The number of aromatic nitrogens is 1. The van der Waals surface area contributed by atoms with Crippen molar-refractivity contribution in [2.75, 3.05) is 0 Å². The van der Waals surface area contributed by atoms with Crippen LogP contribution in [0.4, 0.5) is 26.3 Å². The molecule has 1 aromatic heterocycles. The first-order valence-corrected chi connectivity index (χ1v) is 5.77. The number of carbonyl (C=O) groups excluding carboxylic acids is 2. The molecular weight excluding hydrogens is 316 g/mol. The number of benzene rings is 1. The van der Waals surface area contributed by atoms with E-state index in [2.05, 4.69) is 0 Å². The predicted octanol–water partition coefficient (Wildman–Crippen LogP) is 3.90. The minimum absolute atomic E-state index is 0.00769. The van der Waals surface area contributed by atoms with Gasteiger partial charge in [0.15, 0.2) is 0 Å². The number of nitrogens with zero attached hydrogens (tertiary/aromatic N) is 1. The van der Waals surface area contributed by atoms with E-state index < -0.39 is 35.1 Å². The van der Waals surface area contributed by atoms with Crippen molar-refractivity contribution in [2.24, 2.45) is 0 Å². The molecule has 22 heavy (non-hydrogen) atoms. The molecule has 118 valence electrons. The van der Waals surface area contributed by atoms with E-state index in [9.17, 15) is 35.9 Å². The van der Waals surface area contributed by atoms with Crippen molar-refractivity contribution in [2.45, 2.75) is 19.3 Å². The molecule has 0 saturated carbocycles. The molecule has 1 aromatic carbocycles. The largest absolute Gasteiger partial charge is 0.472 e. The second-order valence-corrected chi connectivity index (χ2v) is 4.56. The van der Waals surface area contributed by atoms with Crippen LogP contribution in [0.15, 0.2) is 24.4 Å². The Morgan fingerprint density at radius 3 is 2.09 bits per heavy atom. The number of ketones is 1. The number of aryl methyl sites for hydroxylation is 1. The van der Waals surface area contributed by atoms with Gasteiger partial charge in [-0.25, -0.2) is 0 Å². The Bertz CT molecular complexity index is 769. The summed E-state index contributed by atoms with van der Waals surface area (Å²) < 4.78 is 75.2. The Kier molecular flexibility index (Phi) is 3.54.